The molecular formula is C6H5BrN4. The number of hydrogen-bond acceptors (Lipinski definition) is 3. The van der Waals surface area contributed by atoms with Crippen LogP contribution in [0.5, 0.6) is 0 Å². The SMILES string of the molecule is Nc1ncc(Br)c2nccn12. The van der Waals surface area contributed by atoms with E-state index in [9.17, 15) is 0 Å². The predicted molar refractivity (Wildman–Crippen MR) is 45.1 cm³/mol. The number of nitrogens with zero attached hydrogens (tertiary/aromatic N) is 3. The first kappa shape index (κ1) is 6.60. The zero-order valence-electron chi connectivity index (χ0n) is 5.53. The predicted octanol–water partition coefficient (Wildman–Crippen LogP) is 1.07. The maximum atomic E-state index is 5.56. The lowest BCUT2D eigenvalue weighted by molar-refractivity contribution is 1.10. The van der Waals surface area contributed by atoms with Gasteiger partial charge < -0.3 is 5.73 Å². The van der Waals surface area contributed by atoms with Crippen LogP contribution in [0.25, 0.3) is 5.65 Å². The molecule has 4 nitrogen and oxygen atoms in total. The monoisotopic (exact) mass is 212 g/mol. The number of halogens is 1. The van der Waals surface area contributed by atoms with E-state index in [1.54, 1.807) is 23.0 Å². The van der Waals surface area contributed by atoms with Gasteiger partial charge in [0.2, 0.25) is 5.95 Å². The van der Waals surface area contributed by atoms with E-state index in [0.29, 0.717) is 5.95 Å². The largest absolute Gasteiger partial charge is 0.369 e. The van der Waals surface area contributed by atoms with Crippen molar-refractivity contribution in [3.05, 3.63) is 23.1 Å². The molecular weight excluding hydrogens is 208 g/mol. The van der Waals surface area contributed by atoms with Gasteiger partial charge >= 0.3 is 0 Å². The van der Waals surface area contributed by atoms with E-state index in [2.05, 4.69) is 25.9 Å². The van der Waals surface area contributed by atoms with Crippen LogP contribution < -0.4 is 5.73 Å². The van der Waals surface area contributed by atoms with Gasteiger partial charge in [-0.05, 0) is 15.9 Å². The van der Waals surface area contributed by atoms with Crippen molar-refractivity contribution in [2.24, 2.45) is 0 Å². The number of rotatable bonds is 0. The number of nitrogen functional groups attached to an aromatic ring is 1. The van der Waals surface area contributed by atoms with Crippen molar-refractivity contribution < 1.29 is 0 Å². The minimum atomic E-state index is 0.445. The van der Waals surface area contributed by atoms with Crippen molar-refractivity contribution in [1.82, 2.24) is 14.4 Å². The highest BCUT2D eigenvalue weighted by molar-refractivity contribution is 9.10. The molecule has 56 valence electrons. The van der Waals surface area contributed by atoms with Gasteiger partial charge in [0.15, 0.2) is 5.65 Å². The molecule has 0 amide bonds. The summed E-state index contributed by atoms with van der Waals surface area (Å²) >= 11 is 3.31. The van der Waals surface area contributed by atoms with Crippen molar-refractivity contribution in [2.75, 3.05) is 5.73 Å². The van der Waals surface area contributed by atoms with Gasteiger partial charge in [-0.25, -0.2) is 9.97 Å². The molecule has 0 radical (unpaired) electrons. The van der Waals surface area contributed by atoms with Gasteiger partial charge in [0.05, 0.1) is 4.47 Å². The van der Waals surface area contributed by atoms with Crippen molar-refractivity contribution in [3.63, 3.8) is 0 Å². The Bertz CT molecular complexity index is 358. The number of anilines is 1. The Hall–Kier alpha value is -1.10. The Kier molecular flexibility index (Phi) is 1.32. The second kappa shape index (κ2) is 2.20. The van der Waals surface area contributed by atoms with Crippen LogP contribution in [0.1, 0.15) is 0 Å². The second-order valence-corrected chi connectivity index (χ2v) is 2.94. The molecule has 11 heavy (non-hydrogen) atoms. The maximum Gasteiger partial charge on any atom is 0.206 e. The van der Waals surface area contributed by atoms with Crippen LogP contribution in [0.4, 0.5) is 5.95 Å². The smallest absolute Gasteiger partial charge is 0.206 e. The van der Waals surface area contributed by atoms with E-state index in [1.807, 2.05) is 0 Å². The Morgan fingerprint density at radius 1 is 1.45 bits per heavy atom. The van der Waals surface area contributed by atoms with Crippen LogP contribution in [-0.2, 0) is 0 Å². The molecule has 0 spiro atoms. The highest BCUT2D eigenvalue weighted by Crippen LogP contribution is 2.16. The number of nitrogens with two attached hydrogens (primary N) is 1. The number of imidazole rings is 1. The van der Waals surface area contributed by atoms with E-state index in [0.717, 1.165) is 10.1 Å². The van der Waals surface area contributed by atoms with Crippen LogP contribution >= 0.6 is 15.9 Å². The van der Waals surface area contributed by atoms with E-state index in [1.165, 1.54) is 0 Å². The summed E-state index contributed by atoms with van der Waals surface area (Å²) in [6.45, 7) is 0. The molecule has 0 aliphatic heterocycles. The molecule has 0 aromatic carbocycles. The van der Waals surface area contributed by atoms with Crippen LogP contribution in [0.2, 0.25) is 0 Å². The first-order valence-corrected chi connectivity index (χ1v) is 3.81. The summed E-state index contributed by atoms with van der Waals surface area (Å²) in [6.07, 6.45) is 5.08. The fourth-order valence-corrected chi connectivity index (χ4v) is 1.30. The van der Waals surface area contributed by atoms with E-state index < -0.39 is 0 Å². The highest BCUT2D eigenvalue weighted by Gasteiger charge is 2.01. The second-order valence-electron chi connectivity index (χ2n) is 2.09. The standard InChI is InChI=1S/C6H5BrN4/c7-4-3-10-6(8)11-2-1-9-5(4)11/h1-3H,(H2,8,10). The van der Waals surface area contributed by atoms with Gasteiger partial charge in [0.25, 0.3) is 0 Å². The van der Waals surface area contributed by atoms with Gasteiger partial charge in [-0.15, -0.1) is 0 Å². The van der Waals surface area contributed by atoms with Gasteiger partial charge in [-0.1, -0.05) is 0 Å². The molecule has 2 aromatic rings. The lowest BCUT2D eigenvalue weighted by Gasteiger charge is -1.97. The van der Waals surface area contributed by atoms with E-state index in [-0.39, 0.29) is 0 Å². The molecule has 0 unspecified atom stereocenters. The fourth-order valence-electron chi connectivity index (χ4n) is 0.908. The topological polar surface area (TPSA) is 56.2 Å². The molecule has 2 heterocycles. The lowest BCUT2D eigenvalue weighted by Crippen LogP contribution is -1.98. The molecule has 0 saturated carbocycles. The lowest BCUT2D eigenvalue weighted by atomic mass is 10.6. The Morgan fingerprint density at radius 2 is 2.27 bits per heavy atom. The van der Waals surface area contributed by atoms with E-state index in [4.69, 9.17) is 5.73 Å². The summed E-state index contributed by atoms with van der Waals surface area (Å²) in [4.78, 5) is 8.01. The quantitative estimate of drug-likeness (QED) is 0.712. The zero-order valence-corrected chi connectivity index (χ0v) is 7.12. The van der Waals surface area contributed by atoms with Gasteiger partial charge in [0.1, 0.15) is 0 Å². The molecule has 0 fully saturated rings. The first-order valence-electron chi connectivity index (χ1n) is 3.02. The van der Waals surface area contributed by atoms with Gasteiger partial charge in [-0.3, -0.25) is 4.40 Å². The fraction of sp³-hybridized carbons (Fsp3) is 0. The zero-order chi connectivity index (χ0) is 7.84. The molecule has 0 bridgehead atoms. The average Bonchev–Trinajstić information content (AvgIpc) is 2.45. The normalized spacial score (nSPS) is 10.6. The van der Waals surface area contributed by atoms with Crippen LogP contribution in [0.3, 0.4) is 0 Å². The third-order valence-corrected chi connectivity index (χ3v) is 1.97. The minimum absolute atomic E-state index is 0.445. The van der Waals surface area contributed by atoms with Crippen LogP contribution in [-0.4, -0.2) is 14.4 Å². The van der Waals surface area contributed by atoms with Crippen LogP contribution in [0.15, 0.2) is 23.1 Å². The maximum absolute atomic E-state index is 5.56. The minimum Gasteiger partial charge on any atom is -0.369 e. The molecule has 2 aromatic heterocycles. The summed E-state index contributed by atoms with van der Waals surface area (Å²) in [5, 5.41) is 0. The van der Waals surface area contributed by atoms with Crippen molar-refractivity contribution >= 4 is 27.5 Å². The van der Waals surface area contributed by atoms with Crippen molar-refractivity contribution in [3.8, 4) is 0 Å². The molecule has 0 atom stereocenters. The molecule has 0 saturated heterocycles. The highest BCUT2D eigenvalue weighted by atomic mass is 79.9. The third kappa shape index (κ3) is 0.883. The van der Waals surface area contributed by atoms with Crippen molar-refractivity contribution in [1.29, 1.82) is 0 Å². The Labute approximate surface area is 71.2 Å². The summed E-state index contributed by atoms with van der Waals surface area (Å²) in [6, 6.07) is 0. The summed E-state index contributed by atoms with van der Waals surface area (Å²) in [7, 11) is 0. The Morgan fingerprint density at radius 3 is 3.00 bits per heavy atom. The molecule has 2 N–H and O–H groups in total. The van der Waals surface area contributed by atoms with E-state index >= 15 is 0 Å². The summed E-state index contributed by atoms with van der Waals surface area (Å²) in [5.41, 5.74) is 6.35. The average molecular weight is 213 g/mol. The molecule has 5 heteroatoms. The Balaban J connectivity index is 2.96. The van der Waals surface area contributed by atoms with Crippen LogP contribution in [0, 0.1) is 0 Å². The number of fused-ring (bicyclic) bond motifs is 1. The van der Waals surface area contributed by atoms with Crippen molar-refractivity contribution in [2.45, 2.75) is 0 Å². The number of hydrogen-bond donors (Lipinski definition) is 1. The van der Waals surface area contributed by atoms with Gasteiger partial charge in [-0.2, -0.15) is 0 Å². The van der Waals surface area contributed by atoms with Gasteiger partial charge in [0, 0.05) is 18.6 Å². The molecule has 0 aliphatic rings. The third-order valence-electron chi connectivity index (χ3n) is 1.41. The summed E-state index contributed by atoms with van der Waals surface area (Å²) < 4.78 is 2.56. The molecule has 0 aliphatic carbocycles. The molecule has 2 rings (SSSR count). The number of aromatic nitrogens is 3. The summed E-state index contributed by atoms with van der Waals surface area (Å²) in [5.74, 6) is 0.445. The first-order chi connectivity index (χ1) is 5.29.